The number of halogens is 3. The van der Waals surface area contributed by atoms with Gasteiger partial charge in [0.15, 0.2) is 5.82 Å². The minimum absolute atomic E-state index is 0.00509. The monoisotopic (exact) mass is 314 g/mol. The lowest BCUT2D eigenvalue weighted by Gasteiger charge is -2.16. The van der Waals surface area contributed by atoms with Gasteiger partial charge in [0.1, 0.15) is 5.69 Å². The summed E-state index contributed by atoms with van der Waals surface area (Å²) in [6.45, 7) is 0.728. The average Bonchev–Trinajstić information content (AvgIpc) is 3.16. The van der Waals surface area contributed by atoms with E-state index in [1.807, 2.05) is 0 Å². The highest BCUT2D eigenvalue weighted by atomic mass is 19.4. The van der Waals surface area contributed by atoms with Crippen molar-refractivity contribution in [2.24, 2.45) is 7.05 Å². The molecule has 3 rings (SSSR count). The van der Waals surface area contributed by atoms with Crippen LogP contribution >= 0.6 is 0 Å². The molecular formula is C13H13F3N4O2. The Balaban J connectivity index is 1.71. The van der Waals surface area contributed by atoms with Crippen LogP contribution in [0.5, 0.6) is 0 Å². The zero-order valence-corrected chi connectivity index (χ0v) is 11.7. The van der Waals surface area contributed by atoms with Crippen LogP contribution in [0.2, 0.25) is 0 Å². The molecule has 1 saturated heterocycles. The van der Waals surface area contributed by atoms with Gasteiger partial charge in [0.05, 0.1) is 0 Å². The number of carbonyl (C=O) groups excluding carboxylic acids is 1. The van der Waals surface area contributed by atoms with Gasteiger partial charge in [-0.2, -0.15) is 18.2 Å². The summed E-state index contributed by atoms with van der Waals surface area (Å²) in [5, 5.41) is 3.39. The third-order valence-corrected chi connectivity index (χ3v) is 3.69. The SMILES string of the molecule is Cn1cccc1C(=O)N1CCC(c2noc(C(F)(F)F)n2)C1. The van der Waals surface area contributed by atoms with E-state index in [1.165, 1.54) is 0 Å². The molecule has 0 N–H and O–H groups in total. The maximum Gasteiger partial charge on any atom is 0.471 e. The van der Waals surface area contributed by atoms with Crippen LogP contribution in [-0.2, 0) is 13.2 Å². The maximum absolute atomic E-state index is 12.5. The highest BCUT2D eigenvalue weighted by Gasteiger charge is 2.40. The summed E-state index contributed by atoms with van der Waals surface area (Å²) >= 11 is 0. The molecule has 9 heteroatoms. The van der Waals surface area contributed by atoms with Gasteiger partial charge in [-0.1, -0.05) is 5.16 Å². The first-order valence-corrected chi connectivity index (χ1v) is 6.67. The minimum atomic E-state index is -4.65. The normalized spacial score (nSPS) is 18.9. The van der Waals surface area contributed by atoms with Gasteiger partial charge in [-0.3, -0.25) is 4.79 Å². The Morgan fingerprint density at radius 2 is 2.23 bits per heavy atom. The van der Waals surface area contributed by atoms with Crippen LogP contribution in [0.4, 0.5) is 13.2 Å². The van der Waals surface area contributed by atoms with Crippen molar-refractivity contribution in [3.63, 3.8) is 0 Å². The molecule has 0 spiro atoms. The summed E-state index contributed by atoms with van der Waals surface area (Å²) in [5.41, 5.74) is 0.532. The molecule has 0 radical (unpaired) electrons. The summed E-state index contributed by atoms with van der Waals surface area (Å²) in [6.07, 6.45) is -2.38. The molecule has 0 aromatic carbocycles. The number of aromatic nitrogens is 3. The number of amides is 1. The Morgan fingerprint density at radius 1 is 1.45 bits per heavy atom. The molecule has 1 atom stereocenters. The highest BCUT2D eigenvalue weighted by molar-refractivity contribution is 5.93. The third kappa shape index (κ3) is 2.58. The predicted molar refractivity (Wildman–Crippen MR) is 68.0 cm³/mol. The minimum Gasteiger partial charge on any atom is -0.347 e. The highest BCUT2D eigenvalue weighted by Crippen LogP contribution is 2.31. The molecule has 6 nitrogen and oxygen atoms in total. The number of hydrogen-bond donors (Lipinski definition) is 0. The number of alkyl halides is 3. The van der Waals surface area contributed by atoms with Crippen LogP contribution in [0.15, 0.2) is 22.9 Å². The second-order valence-corrected chi connectivity index (χ2v) is 5.20. The van der Waals surface area contributed by atoms with E-state index in [-0.39, 0.29) is 24.2 Å². The van der Waals surface area contributed by atoms with Gasteiger partial charge in [-0.25, -0.2) is 0 Å². The number of hydrogen-bond acceptors (Lipinski definition) is 4. The van der Waals surface area contributed by atoms with E-state index in [0.29, 0.717) is 18.7 Å². The quantitative estimate of drug-likeness (QED) is 0.851. The van der Waals surface area contributed by atoms with E-state index >= 15 is 0 Å². The fraction of sp³-hybridized carbons (Fsp3) is 0.462. The Hall–Kier alpha value is -2.32. The molecule has 1 fully saturated rings. The lowest BCUT2D eigenvalue weighted by molar-refractivity contribution is -0.159. The lowest BCUT2D eigenvalue weighted by atomic mass is 10.1. The molecule has 1 aliphatic heterocycles. The molecule has 1 unspecified atom stereocenters. The first kappa shape index (κ1) is 14.6. The van der Waals surface area contributed by atoms with Crippen molar-refractivity contribution in [1.29, 1.82) is 0 Å². The number of carbonyl (C=O) groups is 1. The lowest BCUT2D eigenvalue weighted by Crippen LogP contribution is -2.30. The summed E-state index contributed by atoms with van der Waals surface area (Å²) < 4.78 is 43.3. The van der Waals surface area contributed by atoms with Crippen molar-refractivity contribution in [2.45, 2.75) is 18.5 Å². The molecule has 118 valence electrons. The Morgan fingerprint density at radius 3 is 2.82 bits per heavy atom. The van der Waals surface area contributed by atoms with E-state index in [9.17, 15) is 18.0 Å². The van der Waals surface area contributed by atoms with Crippen molar-refractivity contribution in [2.75, 3.05) is 13.1 Å². The molecule has 22 heavy (non-hydrogen) atoms. The van der Waals surface area contributed by atoms with Gasteiger partial charge in [0, 0.05) is 32.3 Å². The van der Waals surface area contributed by atoms with Crippen LogP contribution in [0.1, 0.15) is 34.5 Å². The molecular weight excluding hydrogens is 301 g/mol. The second kappa shape index (κ2) is 5.15. The standard InChI is InChI=1S/C13H13F3N4O2/c1-19-5-2-3-9(19)11(21)20-6-4-8(7-20)10-17-12(22-18-10)13(14,15)16/h2-3,5,8H,4,6-7H2,1H3. The summed E-state index contributed by atoms with van der Waals surface area (Å²) in [7, 11) is 1.76. The fourth-order valence-electron chi connectivity index (χ4n) is 2.52. The van der Waals surface area contributed by atoms with Gasteiger partial charge >= 0.3 is 12.1 Å². The first-order chi connectivity index (χ1) is 10.4. The summed E-state index contributed by atoms with van der Waals surface area (Å²) in [5.74, 6) is -1.86. The molecule has 1 amide bonds. The van der Waals surface area contributed by atoms with Crippen molar-refractivity contribution < 1.29 is 22.5 Å². The average molecular weight is 314 g/mol. The van der Waals surface area contributed by atoms with E-state index in [1.54, 1.807) is 34.8 Å². The predicted octanol–water partition coefficient (Wildman–Crippen LogP) is 2.06. The molecule has 0 saturated carbocycles. The topological polar surface area (TPSA) is 64.2 Å². The van der Waals surface area contributed by atoms with E-state index in [4.69, 9.17) is 0 Å². The van der Waals surface area contributed by atoms with Crippen LogP contribution in [0.25, 0.3) is 0 Å². The van der Waals surface area contributed by atoms with Gasteiger partial charge < -0.3 is 14.0 Å². The largest absolute Gasteiger partial charge is 0.471 e. The van der Waals surface area contributed by atoms with Crippen molar-refractivity contribution >= 4 is 5.91 Å². The number of nitrogens with zero attached hydrogens (tertiary/aromatic N) is 4. The molecule has 1 aliphatic rings. The molecule has 0 aliphatic carbocycles. The van der Waals surface area contributed by atoms with Gasteiger partial charge in [0.25, 0.3) is 5.91 Å². The van der Waals surface area contributed by atoms with Crippen LogP contribution in [0.3, 0.4) is 0 Å². The van der Waals surface area contributed by atoms with Gasteiger partial charge in [0.2, 0.25) is 0 Å². The van der Waals surface area contributed by atoms with E-state index in [0.717, 1.165) is 0 Å². The van der Waals surface area contributed by atoms with Crippen molar-refractivity contribution in [3.8, 4) is 0 Å². The van der Waals surface area contributed by atoms with E-state index < -0.39 is 12.1 Å². The van der Waals surface area contributed by atoms with Gasteiger partial charge in [-0.05, 0) is 18.6 Å². The number of aryl methyl sites for hydroxylation is 1. The molecule has 2 aromatic rings. The maximum atomic E-state index is 12.5. The molecule has 0 bridgehead atoms. The van der Waals surface area contributed by atoms with Crippen LogP contribution < -0.4 is 0 Å². The summed E-state index contributed by atoms with van der Waals surface area (Å²) in [6, 6.07) is 3.46. The van der Waals surface area contributed by atoms with Crippen molar-refractivity contribution in [1.82, 2.24) is 19.6 Å². The Bertz CT molecular complexity index is 692. The third-order valence-electron chi connectivity index (χ3n) is 3.69. The summed E-state index contributed by atoms with van der Waals surface area (Å²) in [4.78, 5) is 17.3. The second-order valence-electron chi connectivity index (χ2n) is 5.20. The zero-order valence-electron chi connectivity index (χ0n) is 11.7. The van der Waals surface area contributed by atoms with Crippen LogP contribution in [0, 0.1) is 0 Å². The zero-order chi connectivity index (χ0) is 15.9. The van der Waals surface area contributed by atoms with E-state index in [2.05, 4.69) is 14.7 Å². The van der Waals surface area contributed by atoms with Crippen molar-refractivity contribution in [3.05, 3.63) is 35.7 Å². The number of rotatable bonds is 2. The Kier molecular flexibility index (Phi) is 3.42. The smallest absolute Gasteiger partial charge is 0.347 e. The van der Waals surface area contributed by atoms with Crippen LogP contribution in [-0.4, -0.2) is 38.6 Å². The first-order valence-electron chi connectivity index (χ1n) is 6.67. The molecule has 3 heterocycles. The fourth-order valence-corrected chi connectivity index (χ4v) is 2.52. The Labute approximate surface area is 123 Å². The van der Waals surface area contributed by atoms with Gasteiger partial charge in [-0.15, -0.1) is 0 Å². The molecule has 2 aromatic heterocycles. The number of likely N-dealkylation sites (tertiary alicyclic amines) is 1.